The molecule has 2 rings (SSSR count). The summed E-state index contributed by atoms with van der Waals surface area (Å²) in [6, 6.07) is 0. The highest BCUT2D eigenvalue weighted by atomic mass is 32.2. The van der Waals surface area contributed by atoms with Crippen molar-refractivity contribution in [2.45, 2.75) is 55.9 Å². The molecule has 0 aromatic carbocycles. The Balaban J connectivity index is 1.83. The number of aliphatic carboxylic acids is 1. The summed E-state index contributed by atoms with van der Waals surface area (Å²) in [5.41, 5.74) is -0.682. The van der Waals surface area contributed by atoms with E-state index < -0.39 is 11.5 Å². The number of hydrogen-bond donors (Lipinski definition) is 2. The minimum Gasteiger partial charge on any atom is -0.480 e. The van der Waals surface area contributed by atoms with E-state index in [0.29, 0.717) is 11.4 Å². The van der Waals surface area contributed by atoms with Crippen LogP contribution in [0.15, 0.2) is 0 Å². The van der Waals surface area contributed by atoms with E-state index in [4.69, 9.17) is 4.74 Å². The van der Waals surface area contributed by atoms with E-state index in [0.717, 1.165) is 44.5 Å². The molecule has 0 spiro atoms. The van der Waals surface area contributed by atoms with Crippen molar-refractivity contribution in [3.63, 3.8) is 0 Å². The van der Waals surface area contributed by atoms with E-state index in [1.807, 2.05) is 11.8 Å². The molecule has 1 aliphatic carbocycles. The molecule has 1 saturated carbocycles. The fraction of sp³-hybridized carbons (Fsp3) is 0.929. The molecule has 0 amide bonds. The second-order valence-corrected chi connectivity index (χ2v) is 7.03. The second kappa shape index (κ2) is 6.46. The first-order valence-corrected chi connectivity index (χ1v) is 8.30. The maximum absolute atomic E-state index is 11.5. The fourth-order valence-corrected chi connectivity index (χ4v) is 4.81. The van der Waals surface area contributed by atoms with Gasteiger partial charge in [-0.3, -0.25) is 4.79 Å². The van der Waals surface area contributed by atoms with Gasteiger partial charge in [0.1, 0.15) is 5.54 Å². The lowest BCUT2D eigenvalue weighted by atomic mass is 9.85. The molecule has 2 fully saturated rings. The molecule has 0 bridgehead atoms. The molecule has 5 heteroatoms. The maximum Gasteiger partial charge on any atom is 0.324 e. The first kappa shape index (κ1) is 15.1. The van der Waals surface area contributed by atoms with Crippen LogP contribution in [0.3, 0.4) is 0 Å². The number of carboxylic acid groups (broad SMARTS) is 1. The van der Waals surface area contributed by atoms with Crippen molar-refractivity contribution in [2.24, 2.45) is 5.92 Å². The Kier molecular flexibility index (Phi) is 5.15. The van der Waals surface area contributed by atoms with Crippen molar-refractivity contribution in [2.75, 3.05) is 19.4 Å². The summed E-state index contributed by atoms with van der Waals surface area (Å²) in [5.74, 6) is 0.625. The van der Waals surface area contributed by atoms with Gasteiger partial charge >= 0.3 is 5.97 Å². The zero-order valence-electron chi connectivity index (χ0n) is 11.9. The predicted molar refractivity (Wildman–Crippen MR) is 77.7 cm³/mol. The summed E-state index contributed by atoms with van der Waals surface area (Å²) < 4.78 is 5.56. The number of likely N-dealkylation sites (N-methyl/N-ethyl adjacent to an activating group) is 1. The SMILES string of the molecule is CNC1(C(=O)O)CCCC1CCSC1CCOC1C. The summed E-state index contributed by atoms with van der Waals surface area (Å²) in [7, 11) is 1.78. The van der Waals surface area contributed by atoms with Crippen LogP contribution in [-0.4, -0.2) is 47.4 Å². The molecule has 4 nitrogen and oxygen atoms in total. The number of nitrogens with one attached hydrogen (secondary N) is 1. The number of carboxylic acids is 1. The molecule has 110 valence electrons. The van der Waals surface area contributed by atoms with Gasteiger partial charge in [-0.2, -0.15) is 11.8 Å². The van der Waals surface area contributed by atoms with E-state index in [1.165, 1.54) is 0 Å². The van der Waals surface area contributed by atoms with Crippen molar-refractivity contribution >= 4 is 17.7 Å². The highest BCUT2D eigenvalue weighted by molar-refractivity contribution is 7.99. The van der Waals surface area contributed by atoms with Crippen molar-refractivity contribution in [3.8, 4) is 0 Å². The number of thioether (sulfide) groups is 1. The van der Waals surface area contributed by atoms with Crippen molar-refractivity contribution in [3.05, 3.63) is 0 Å². The summed E-state index contributed by atoms with van der Waals surface area (Å²) in [5, 5.41) is 13.2. The van der Waals surface area contributed by atoms with Crippen LogP contribution in [0.5, 0.6) is 0 Å². The molecule has 19 heavy (non-hydrogen) atoms. The fourth-order valence-electron chi connectivity index (χ4n) is 3.48. The van der Waals surface area contributed by atoms with Crippen LogP contribution >= 0.6 is 11.8 Å². The van der Waals surface area contributed by atoms with Gasteiger partial charge in [0.05, 0.1) is 6.10 Å². The average molecular weight is 287 g/mol. The normalized spacial score (nSPS) is 38.7. The molecule has 4 atom stereocenters. The summed E-state index contributed by atoms with van der Waals surface area (Å²) >= 11 is 1.96. The first-order valence-electron chi connectivity index (χ1n) is 7.25. The minimum absolute atomic E-state index is 0.264. The third kappa shape index (κ3) is 3.09. The number of carbonyl (C=O) groups is 1. The topological polar surface area (TPSA) is 58.6 Å². The number of rotatable bonds is 6. The Hall–Kier alpha value is -0.260. The van der Waals surface area contributed by atoms with Crippen LogP contribution in [0.4, 0.5) is 0 Å². The highest BCUT2D eigenvalue weighted by Gasteiger charge is 2.47. The Morgan fingerprint density at radius 3 is 2.89 bits per heavy atom. The van der Waals surface area contributed by atoms with E-state index in [-0.39, 0.29) is 5.92 Å². The maximum atomic E-state index is 11.5. The van der Waals surface area contributed by atoms with Gasteiger partial charge in [-0.15, -0.1) is 0 Å². The lowest BCUT2D eigenvalue weighted by molar-refractivity contribution is -0.146. The largest absolute Gasteiger partial charge is 0.480 e. The molecule has 0 aromatic heterocycles. The van der Waals surface area contributed by atoms with E-state index in [1.54, 1.807) is 7.05 Å². The van der Waals surface area contributed by atoms with Crippen LogP contribution in [0.1, 0.15) is 39.0 Å². The standard InChI is InChI=1S/C14H25NO3S/c1-10-12(5-8-18-10)19-9-6-11-4-3-7-14(11,15-2)13(16)17/h10-12,15H,3-9H2,1-2H3,(H,16,17). The monoisotopic (exact) mass is 287 g/mol. The number of ether oxygens (including phenoxy) is 1. The van der Waals surface area contributed by atoms with Crippen molar-refractivity contribution in [1.29, 1.82) is 0 Å². The molecule has 0 aromatic rings. The van der Waals surface area contributed by atoms with Crippen LogP contribution < -0.4 is 5.32 Å². The Morgan fingerprint density at radius 2 is 2.32 bits per heavy atom. The molecule has 1 aliphatic heterocycles. The van der Waals surface area contributed by atoms with E-state index in [9.17, 15) is 9.90 Å². The van der Waals surface area contributed by atoms with Gasteiger partial charge in [-0.1, -0.05) is 6.42 Å². The Labute approximate surface area is 119 Å². The molecular formula is C14H25NO3S. The quantitative estimate of drug-likeness (QED) is 0.784. The summed E-state index contributed by atoms with van der Waals surface area (Å²) in [6.07, 6.45) is 5.28. The molecule has 1 heterocycles. The lowest BCUT2D eigenvalue weighted by Crippen LogP contribution is -2.53. The minimum atomic E-state index is -0.682. The van der Waals surface area contributed by atoms with Crippen LogP contribution in [0.2, 0.25) is 0 Å². The second-order valence-electron chi connectivity index (χ2n) is 5.68. The Bertz CT molecular complexity index is 326. The summed E-state index contributed by atoms with van der Waals surface area (Å²) in [4.78, 5) is 11.5. The van der Waals surface area contributed by atoms with Gasteiger partial charge in [0.15, 0.2) is 0 Å². The highest BCUT2D eigenvalue weighted by Crippen LogP contribution is 2.39. The van der Waals surface area contributed by atoms with Gasteiger partial charge in [0.2, 0.25) is 0 Å². The third-order valence-electron chi connectivity index (χ3n) is 4.75. The van der Waals surface area contributed by atoms with Gasteiger partial charge in [-0.05, 0) is 51.3 Å². The molecule has 2 N–H and O–H groups in total. The molecule has 4 unspecified atom stereocenters. The van der Waals surface area contributed by atoms with Gasteiger partial charge in [0, 0.05) is 11.9 Å². The Morgan fingerprint density at radius 1 is 1.53 bits per heavy atom. The lowest BCUT2D eigenvalue weighted by Gasteiger charge is -2.31. The van der Waals surface area contributed by atoms with E-state index in [2.05, 4.69) is 12.2 Å². The molecule has 0 radical (unpaired) electrons. The molecular weight excluding hydrogens is 262 g/mol. The van der Waals surface area contributed by atoms with Crippen LogP contribution in [-0.2, 0) is 9.53 Å². The zero-order valence-corrected chi connectivity index (χ0v) is 12.7. The number of hydrogen-bond acceptors (Lipinski definition) is 4. The zero-order chi connectivity index (χ0) is 13.9. The van der Waals surface area contributed by atoms with Crippen molar-refractivity contribution in [1.82, 2.24) is 5.32 Å². The first-order chi connectivity index (χ1) is 9.10. The summed E-state index contributed by atoms with van der Waals surface area (Å²) in [6.45, 7) is 3.01. The van der Waals surface area contributed by atoms with Gasteiger partial charge < -0.3 is 15.2 Å². The van der Waals surface area contributed by atoms with E-state index >= 15 is 0 Å². The smallest absolute Gasteiger partial charge is 0.324 e. The van der Waals surface area contributed by atoms with Crippen LogP contribution in [0.25, 0.3) is 0 Å². The van der Waals surface area contributed by atoms with Gasteiger partial charge in [-0.25, -0.2) is 0 Å². The van der Waals surface area contributed by atoms with Crippen molar-refractivity contribution < 1.29 is 14.6 Å². The average Bonchev–Trinajstić information content (AvgIpc) is 2.97. The van der Waals surface area contributed by atoms with Crippen LogP contribution in [0, 0.1) is 5.92 Å². The third-order valence-corrected chi connectivity index (χ3v) is 6.27. The predicted octanol–water partition coefficient (Wildman–Crippen LogP) is 2.13. The molecule has 2 aliphatic rings. The van der Waals surface area contributed by atoms with Gasteiger partial charge in [0.25, 0.3) is 0 Å². The molecule has 1 saturated heterocycles.